The van der Waals surface area contributed by atoms with Crippen LogP contribution in [0.3, 0.4) is 0 Å². The Morgan fingerprint density at radius 2 is 1.68 bits per heavy atom. The standard InChI is InChI=1S/C51H58N12O5.C5H12/c1-33-28-55-63-47(33)57-51(68-40-7-5-18-52-30-40)58-50(63)54-29-36-6-3-4-8-41(36)46-42-11-9-38(26-35(42)15-19-53-46)61-20-16-34(17-21-61)31-60-22-24-62(25-23-60)39-10-12-43(37(27-39)32-64)49(67)59(2)44-13-14-45(65)56-48(44)66;1-4-5(2)3/h3-4,6,8-12,15,19,26-28,32,34,40,44,52H,5,7,13-14,16-18,20-25,29-31H2,1-2H3,(H,54,57,58)(H,56,65,66);5H,4H2,1-3H3/t40-,44?;/m1./s1. The molecular formula is C56H70N12O5. The van der Waals surface area contributed by atoms with Crippen molar-refractivity contribution in [3.8, 4) is 17.3 Å². The van der Waals surface area contributed by atoms with Gasteiger partial charge in [-0.25, -0.2) is 0 Å². The predicted molar refractivity (Wildman–Crippen MR) is 285 cm³/mol. The number of piperidine rings is 3. The van der Waals surface area contributed by atoms with Gasteiger partial charge in [0.05, 0.1) is 17.5 Å². The first kappa shape index (κ1) is 50.9. The van der Waals surface area contributed by atoms with Gasteiger partial charge in [0.15, 0.2) is 11.9 Å². The minimum atomic E-state index is -0.757. The Morgan fingerprint density at radius 1 is 0.932 bits per heavy atom. The number of aromatic nitrogens is 5. The molecule has 0 saturated carbocycles. The van der Waals surface area contributed by atoms with Crippen LogP contribution in [0.15, 0.2) is 79.1 Å². The smallest absolute Gasteiger partial charge is 0.322 e. The largest absolute Gasteiger partial charge is 0.459 e. The summed E-state index contributed by atoms with van der Waals surface area (Å²) in [6.07, 6.45) is 10.4. The molecule has 3 aromatic heterocycles. The van der Waals surface area contributed by atoms with Gasteiger partial charge in [-0.05, 0) is 105 Å². The van der Waals surface area contributed by atoms with Gasteiger partial charge in [-0.1, -0.05) is 57.5 Å². The summed E-state index contributed by atoms with van der Waals surface area (Å²) in [6.45, 7) is 17.4. The number of anilines is 3. The van der Waals surface area contributed by atoms with E-state index < -0.39 is 17.9 Å². The Kier molecular flexibility index (Phi) is 16.2. The summed E-state index contributed by atoms with van der Waals surface area (Å²) in [5, 5.41) is 16.1. The van der Waals surface area contributed by atoms with Gasteiger partial charge in [0, 0.05) is 112 Å². The molecule has 17 nitrogen and oxygen atoms in total. The highest BCUT2D eigenvalue weighted by atomic mass is 16.5. The van der Waals surface area contributed by atoms with Crippen LogP contribution in [0.25, 0.3) is 27.7 Å². The molecule has 17 heteroatoms. The second kappa shape index (κ2) is 23.3. The zero-order chi connectivity index (χ0) is 51.0. The lowest BCUT2D eigenvalue weighted by Gasteiger charge is -2.40. The normalized spacial score (nSPS) is 18.9. The van der Waals surface area contributed by atoms with Gasteiger partial charge in [0.2, 0.25) is 17.8 Å². The van der Waals surface area contributed by atoms with E-state index in [1.807, 2.05) is 19.2 Å². The minimum Gasteiger partial charge on any atom is -0.459 e. The van der Waals surface area contributed by atoms with Crippen molar-refractivity contribution in [2.24, 2.45) is 11.8 Å². The summed E-state index contributed by atoms with van der Waals surface area (Å²) in [6, 6.07) is 22.2. The monoisotopic (exact) mass is 991 g/mol. The van der Waals surface area contributed by atoms with Crippen molar-refractivity contribution < 1.29 is 23.9 Å². The number of likely N-dealkylation sites (N-methyl/N-ethyl adjacent to an activating group) is 1. The molecule has 3 N–H and O–H groups in total. The number of ether oxygens (including phenoxy) is 1. The Balaban J connectivity index is 0.00000125. The maximum atomic E-state index is 13.4. The number of nitrogens with one attached hydrogen (secondary N) is 3. The summed E-state index contributed by atoms with van der Waals surface area (Å²) in [5.41, 5.74) is 7.41. The van der Waals surface area contributed by atoms with Crippen molar-refractivity contribution in [1.29, 1.82) is 0 Å². The third-order valence-electron chi connectivity index (χ3n) is 14.9. The number of benzene rings is 3. The first-order valence-electron chi connectivity index (χ1n) is 26.2. The van der Waals surface area contributed by atoms with E-state index in [4.69, 9.17) is 19.7 Å². The van der Waals surface area contributed by atoms with E-state index >= 15 is 0 Å². The van der Waals surface area contributed by atoms with Crippen LogP contribution in [0.4, 0.5) is 17.3 Å². The van der Waals surface area contributed by atoms with E-state index in [-0.39, 0.29) is 36.0 Å². The van der Waals surface area contributed by atoms with E-state index in [1.165, 1.54) is 24.1 Å². The SMILES string of the molecule is CCC(C)C.Cc1cnn2c(NCc3ccccc3-c3nccc4cc(N5CCC(CN6CCN(c7ccc(C(=O)N(C)C8CCC(=O)NC8=O)c(C=O)c7)CC6)CC5)ccc34)nc(O[C@@H]3CCCNC3)nc12. The number of carbonyl (C=O) groups excluding carboxylic acids is 4. The molecule has 4 saturated heterocycles. The average molecular weight is 991 g/mol. The third kappa shape index (κ3) is 11.9. The number of hydrogen-bond acceptors (Lipinski definition) is 14. The quantitative estimate of drug-likeness (QED) is 0.0738. The molecule has 0 radical (unpaired) electrons. The van der Waals surface area contributed by atoms with Crippen LogP contribution < -0.4 is 30.5 Å². The van der Waals surface area contributed by atoms with Crippen LogP contribution >= 0.6 is 0 Å². The van der Waals surface area contributed by atoms with Crippen LogP contribution in [-0.2, 0) is 16.1 Å². The van der Waals surface area contributed by atoms with Crippen LogP contribution in [-0.4, -0.2) is 136 Å². The molecule has 4 aliphatic heterocycles. The zero-order valence-corrected chi connectivity index (χ0v) is 43.0. The Labute approximate surface area is 428 Å². The molecule has 6 aromatic rings. The fourth-order valence-corrected chi connectivity index (χ4v) is 10.2. The second-order valence-electron chi connectivity index (χ2n) is 20.3. The summed E-state index contributed by atoms with van der Waals surface area (Å²) in [4.78, 5) is 72.7. The topological polar surface area (TPSA) is 183 Å². The zero-order valence-electron chi connectivity index (χ0n) is 43.0. The van der Waals surface area contributed by atoms with Gasteiger partial charge in [0.25, 0.3) is 5.91 Å². The predicted octanol–water partition coefficient (Wildman–Crippen LogP) is 7.17. The lowest BCUT2D eigenvalue weighted by Crippen LogP contribution is -2.53. The number of fused-ring (bicyclic) bond motifs is 2. The number of rotatable bonds is 14. The minimum absolute atomic E-state index is 0.0272. The van der Waals surface area contributed by atoms with Crippen LogP contribution in [0.5, 0.6) is 6.01 Å². The Morgan fingerprint density at radius 3 is 2.42 bits per heavy atom. The number of imide groups is 1. The number of carbonyl (C=O) groups is 4. The molecule has 10 rings (SSSR count). The molecule has 0 spiro atoms. The molecule has 3 amide bonds. The molecular weight excluding hydrogens is 921 g/mol. The molecule has 1 unspecified atom stereocenters. The average Bonchev–Trinajstić information content (AvgIpc) is 3.80. The highest BCUT2D eigenvalue weighted by Gasteiger charge is 2.34. The number of aldehydes is 1. The number of hydrogen-bond donors (Lipinski definition) is 3. The fourth-order valence-electron chi connectivity index (χ4n) is 10.2. The van der Waals surface area contributed by atoms with Crippen molar-refractivity contribution in [1.82, 2.24) is 45.0 Å². The Bertz CT molecular complexity index is 2920. The number of aryl methyl sites for hydroxylation is 1. The van der Waals surface area contributed by atoms with Gasteiger partial charge in [0.1, 0.15) is 12.1 Å². The van der Waals surface area contributed by atoms with Gasteiger partial charge >= 0.3 is 6.01 Å². The highest BCUT2D eigenvalue weighted by Crippen LogP contribution is 2.34. The van der Waals surface area contributed by atoms with E-state index in [0.29, 0.717) is 36.4 Å². The Hall–Kier alpha value is -6.98. The van der Waals surface area contributed by atoms with Crippen molar-refractivity contribution >= 4 is 57.8 Å². The van der Waals surface area contributed by atoms with Gasteiger partial charge < -0.3 is 30.1 Å². The molecule has 7 heterocycles. The summed E-state index contributed by atoms with van der Waals surface area (Å²) in [7, 11) is 1.54. The van der Waals surface area contributed by atoms with E-state index in [0.717, 1.165) is 129 Å². The molecule has 3 aromatic carbocycles. The molecule has 4 aliphatic rings. The fraction of sp³-hybridized carbons (Fsp3) is 0.464. The number of piperazine rings is 1. The lowest BCUT2D eigenvalue weighted by atomic mass is 9.95. The van der Waals surface area contributed by atoms with Crippen LogP contribution in [0, 0.1) is 18.8 Å². The first-order valence-corrected chi connectivity index (χ1v) is 26.2. The lowest BCUT2D eigenvalue weighted by molar-refractivity contribution is -0.136. The highest BCUT2D eigenvalue weighted by molar-refractivity contribution is 6.06. The van der Waals surface area contributed by atoms with Crippen molar-refractivity contribution in [2.45, 2.75) is 91.3 Å². The van der Waals surface area contributed by atoms with Gasteiger partial charge in [-0.15, -0.1) is 0 Å². The molecule has 384 valence electrons. The van der Waals surface area contributed by atoms with Crippen LogP contribution in [0.2, 0.25) is 0 Å². The van der Waals surface area contributed by atoms with Crippen molar-refractivity contribution in [3.63, 3.8) is 0 Å². The van der Waals surface area contributed by atoms with E-state index in [2.05, 4.69) is 105 Å². The van der Waals surface area contributed by atoms with Crippen molar-refractivity contribution in [3.05, 3.63) is 101 Å². The summed E-state index contributed by atoms with van der Waals surface area (Å²) in [5.74, 6) is 0.811. The van der Waals surface area contributed by atoms with E-state index in [1.54, 1.807) is 22.8 Å². The molecule has 0 bridgehead atoms. The first-order chi connectivity index (χ1) is 35.5. The van der Waals surface area contributed by atoms with E-state index in [9.17, 15) is 19.2 Å². The number of pyridine rings is 1. The maximum absolute atomic E-state index is 13.4. The molecule has 0 aliphatic carbocycles. The van der Waals surface area contributed by atoms with Gasteiger partial charge in [-0.3, -0.25) is 34.4 Å². The second-order valence-corrected chi connectivity index (χ2v) is 20.3. The maximum Gasteiger partial charge on any atom is 0.322 e. The number of nitrogens with zero attached hydrogens (tertiary/aromatic N) is 9. The number of amides is 3. The van der Waals surface area contributed by atoms with Crippen LogP contribution in [0.1, 0.15) is 97.6 Å². The molecule has 73 heavy (non-hydrogen) atoms. The van der Waals surface area contributed by atoms with Gasteiger partial charge in [-0.2, -0.15) is 19.6 Å². The van der Waals surface area contributed by atoms with Crippen molar-refractivity contribution in [2.75, 3.05) is 81.1 Å². The molecule has 4 fully saturated rings. The summed E-state index contributed by atoms with van der Waals surface area (Å²) < 4.78 is 7.99. The molecule has 2 atom stereocenters. The third-order valence-corrected chi connectivity index (χ3v) is 14.9. The summed E-state index contributed by atoms with van der Waals surface area (Å²) >= 11 is 0.